The molecule has 0 saturated carbocycles. The number of aromatic nitrogens is 1. The van der Waals surface area contributed by atoms with Gasteiger partial charge in [0, 0.05) is 53.9 Å². The normalized spacial score (nSPS) is 13.4. The van der Waals surface area contributed by atoms with Gasteiger partial charge >= 0.3 is 0 Å². The molecule has 0 radical (unpaired) electrons. The van der Waals surface area contributed by atoms with Gasteiger partial charge in [0.15, 0.2) is 0 Å². The summed E-state index contributed by atoms with van der Waals surface area (Å²) < 4.78 is 6.05. The number of benzene rings is 1. The van der Waals surface area contributed by atoms with Gasteiger partial charge in [-0.15, -0.1) is 22.7 Å². The van der Waals surface area contributed by atoms with E-state index in [9.17, 15) is 9.59 Å². The number of fused-ring (bicyclic) bond motifs is 2. The van der Waals surface area contributed by atoms with E-state index in [1.807, 2.05) is 18.2 Å². The zero-order valence-electron chi connectivity index (χ0n) is 20.2. The van der Waals surface area contributed by atoms with Gasteiger partial charge in [0.25, 0.3) is 5.91 Å². The second kappa shape index (κ2) is 11.5. The lowest BCUT2D eigenvalue weighted by Crippen LogP contribution is -2.26. The maximum Gasteiger partial charge on any atom is 0.251 e. The number of hydrogen-bond donors (Lipinski definition) is 2. The fourth-order valence-corrected chi connectivity index (χ4v) is 6.75. The topological polar surface area (TPSA) is 80.3 Å². The quantitative estimate of drug-likeness (QED) is 0.364. The Kier molecular flexibility index (Phi) is 8.47. The SMILES string of the molecule is COCCNC(=O)c1ccc2sc(-c3c(CC(=O)CCCC(C)C)sc4c3CCNC4)nc2c1. The predicted octanol–water partition coefficient (Wildman–Crippen LogP) is 4.98. The monoisotopic (exact) mass is 499 g/mol. The van der Waals surface area contributed by atoms with Gasteiger partial charge in [-0.3, -0.25) is 9.59 Å². The molecule has 34 heavy (non-hydrogen) atoms. The third kappa shape index (κ3) is 5.92. The molecule has 1 amide bonds. The van der Waals surface area contributed by atoms with E-state index < -0.39 is 0 Å². The summed E-state index contributed by atoms with van der Waals surface area (Å²) in [7, 11) is 1.61. The van der Waals surface area contributed by atoms with Crippen LogP contribution in [0.4, 0.5) is 0 Å². The molecule has 6 nitrogen and oxygen atoms in total. The van der Waals surface area contributed by atoms with E-state index in [-0.39, 0.29) is 5.91 Å². The van der Waals surface area contributed by atoms with Crippen molar-refractivity contribution in [1.29, 1.82) is 0 Å². The lowest BCUT2D eigenvalue weighted by molar-refractivity contribution is -0.118. The first-order chi connectivity index (χ1) is 16.5. The van der Waals surface area contributed by atoms with Crippen LogP contribution in [0.25, 0.3) is 20.8 Å². The molecule has 0 saturated heterocycles. The van der Waals surface area contributed by atoms with Gasteiger partial charge in [-0.2, -0.15) is 0 Å². The van der Waals surface area contributed by atoms with Gasteiger partial charge in [0.2, 0.25) is 0 Å². The van der Waals surface area contributed by atoms with Gasteiger partial charge in [-0.05, 0) is 49.1 Å². The average Bonchev–Trinajstić information content (AvgIpc) is 3.38. The molecule has 1 aliphatic heterocycles. The molecular formula is C26H33N3O3S2. The van der Waals surface area contributed by atoms with Crippen molar-refractivity contribution in [1.82, 2.24) is 15.6 Å². The minimum absolute atomic E-state index is 0.125. The van der Waals surface area contributed by atoms with Crippen LogP contribution in [0.2, 0.25) is 0 Å². The van der Waals surface area contributed by atoms with E-state index in [4.69, 9.17) is 9.72 Å². The molecule has 1 aliphatic rings. The second-order valence-corrected chi connectivity index (χ2v) is 11.4. The Hall–Kier alpha value is -2.13. The first-order valence-electron chi connectivity index (χ1n) is 12.0. The van der Waals surface area contributed by atoms with Crippen LogP contribution in [-0.4, -0.2) is 43.5 Å². The summed E-state index contributed by atoms with van der Waals surface area (Å²) in [5.74, 6) is 0.808. The van der Waals surface area contributed by atoms with Crippen LogP contribution in [-0.2, 0) is 28.9 Å². The van der Waals surface area contributed by atoms with Crippen LogP contribution < -0.4 is 10.6 Å². The van der Waals surface area contributed by atoms with Crippen LogP contribution in [0.1, 0.15) is 58.8 Å². The highest BCUT2D eigenvalue weighted by molar-refractivity contribution is 7.22. The molecule has 0 unspecified atom stereocenters. The molecule has 0 atom stereocenters. The van der Waals surface area contributed by atoms with Gasteiger partial charge in [-0.25, -0.2) is 4.98 Å². The summed E-state index contributed by atoms with van der Waals surface area (Å²) in [5.41, 5.74) is 3.91. The summed E-state index contributed by atoms with van der Waals surface area (Å²) >= 11 is 3.41. The van der Waals surface area contributed by atoms with Crippen LogP contribution in [0, 0.1) is 5.92 Å². The molecule has 182 valence electrons. The lowest BCUT2D eigenvalue weighted by Gasteiger charge is -2.13. The van der Waals surface area contributed by atoms with Crippen LogP contribution >= 0.6 is 22.7 Å². The van der Waals surface area contributed by atoms with E-state index >= 15 is 0 Å². The number of carbonyl (C=O) groups is 2. The van der Waals surface area contributed by atoms with E-state index in [2.05, 4.69) is 24.5 Å². The number of ether oxygens (including phenoxy) is 1. The number of rotatable bonds is 11. The van der Waals surface area contributed by atoms with E-state index in [1.165, 1.54) is 10.4 Å². The predicted molar refractivity (Wildman–Crippen MR) is 140 cm³/mol. The molecule has 0 aliphatic carbocycles. The summed E-state index contributed by atoms with van der Waals surface area (Å²) in [6.45, 7) is 7.14. The molecule has 3 aromatic rings. The largest absolute Gasteiger partial charge is 0.383 e. The molecule has 1 aromatic carbocycles. The lowest BCUT2D eigenvalue weighted by atomic mass is 9.99. The van der Waals surface area contributed by atoms with Crippen molar-refractivity contribution < 1.29 is 14.3 Å². The third-order valence-electron chi connectivity index (χ3n) is 6.05. The molecule has 8 heteroatoms. The molecule has 0 fully saturated rings. The minimum atomic E-state index is -0.125. The fourth-order valence-electron chi connectivity index (χ4n) is 4.28. The Labute approximate surface area is 209 Å². The van der Waals surface area contributed by atoms with E-state index in [0.29, 0.717) is 43.3 Å². The summed E-state index contributed by atoms with van der Waals surface area (Å²) in [4.78, 5) is 32.7. The van der Waals surface area contributed by atoms with Gasteiger partial charge in [0.1, 0.15) is 10.8 Å². The number of ketones is 1. The summed E-state index contributed by atoms with van der Waals surface area (Å²) in [6, 6.07) is 5.67. The smallest absolute Gasteiger partial charge is 0.251 e. The van der Waals surface area contributed by atoms with Crippen molar-refractivity contribution >= 4 is 44.6 Å². The highest BCUT2D eigenvalue weighted by atomic mass is 32.1. The number of thiophene rings is 1. The van der Waals surface area contributed by atoms with Gasteiger partial charge < -0.3 is 15.4 Å². The Morgan fingerprint density at radius 3 is 2.91 bits per heavy atom. The number of nitrogens with one attached hydrogen (secondary N) is 2. The Morgan fingerprint density at radius 2 is 2.12 bits per heavy atom. The Bertz CT molecular complexity index is 1170. The first-order valence-corrected chi connectivity index (χ1v) is 13.6. The van der Waals surface area contributed by atoms with Crippen molar-refractivity contribution in [2.75, 3.05) is 26.8 Å². The van der Waals surface area contributed by atoms with Gasteiger partial charge in [0.05, 0.1) is 16.8 Å². The van der Waals surface area contributed by atoms with Crippen molar-refractivity contribution in [3.63, 3.8) is 0 Å². The minimum Gasteiger partial charge on any atom is -0.383 e. The summed E-state index contributed by atoms with van der Waals surface area (Å²) in [5, 5.41) is 7.27. The molecule has 0 bridgehead atoms. The van der Waals surface area contributed by atoms with Crippen LogP contribution in [0.5, 0.6) is 0 Å². The van der Waals surface area contributed by atoms with Crippen LogP contribution in [0.15, 0.2) is 18.2 Å². The average molecular weight is 500 g/mol. The van der Waals surface area contributed by atoms with Crippen molar-refractivity contribution in [2.45, 2.75) is 52.5 Å². The highest BCUT2D eigenvalue weighted by Gasteiger charge is 2.25. The third-order valence-corrected chi connectivity index (χ3v) is 8.34. The molecular weight excluding hydrogens is 466 g/mol. The molecule has 2 N–H and O–H groups in total. The van der Waals surface area contributed by atoms with Crippen molar-refractivity contribution in [2.24, 2.45) is 5.92 Å². The maximum atomic E-state index is 12.8. The zero-order chi connectivity index (χ0) is 24.1. The van der Waals surface area contributed by atoms with Crippen molar-refractivity contribution in [3.05, 3.63) is 39.1 Å². The number of nitrogens with zero attached hydrogens (tertiary/aromatic N) is 1. The van der Waals surface area contributed by atoms with Crippen molar-refractivity contribution in [3.8, 4) is 10.6 Å². The molecule has 2 aromatic heterocycles. The number of methoxy groups -OCH3 is 1. The highest BCUT2D eigenvalue weighted by Crippen LogP contribution is 2.42. The number of thiazole rings is 1. The summed E-state index contributed by atoms with van der Waals surface area (Å²) in [6.07, 6.45) is 4.11. The first kappa shape index (κ1) is 25.0. The number of amides is 1. The molecule has 4 rings (SSSR count). The Balaban J connectivity index is 1.61. The van der Waals surface area contributed by atoms with Gasteiger partial charge in [-0.1, -0.05) is 20.3 Å². The second-order valence-electron chi connectivity index (χ2n) is 9.18. The van der Waals surface area contributed by atoms with E-state index in [1.54, 1.807) is 29.8 Å². The van der Waals surface area contributed by atoms with E-state index in [0.717, 1.165) is 58.0 Å². The molecule has 3 heterocycles. The number of Topliss-reactive ketones (excluding diaryl/α,β-unsaturated/α-hetero) is 1. The zero-order valence-corrected chi connectivity index (χ0v) is 21.8. The van der Waals surface area contributed by atoms with Crippen LogP contribution in [0.3, 0.4) is 0 Å². The fraction of sp³-hybridized carbons (Fsp3) is 0.500. The Morgan fingerprint density at radius 1 is 1.26 bits per heavy atom. The standard InChI is InChI=1S/C26H33N3O3S2/c1-16(2)5-4-6-18(30)14-22-24(19-9-10-27-15-23(19)33-22)26-29-20-13-17(7-8-21(20)34-26)25(31)28-11-12-32-3/h7-8,13,16,27H,4-6,9-12,14-15H2,1-3H3,(H,28,31). The maximum absolute atomic E-state index is 12.8. The molecule has 0 spiro atoms. The number of carbonyl (C=O) groups excluding carboxylic acids is 2. The number of hydrogen-bond acceptors (Lipinski definition) is 7.